The lowest BCUT2D eigenvalue weighted by Gasteiger charge is -2.13. The molecule has 2 N–H and O–H groups in total. The Hall–Kier alpha value is -3.36. The number of urea groups is 1. The number of hydrogen-bond acceptors (Lipinski definition) is 6. The standard InChI is InChI=1S/C17H19N3O6/c1-10(15(22)19-17(24)18-2)26-14(21)9-20-8-12(16(23)25-3)11-6-4-5-7-13(11)20/h4-8,10H,9H2,1-3H3,(H2,18,19,22,24)/t10-/m0/s1. The lowest BCUT2D eigenvalue weighted by Crippen LogP contribution is -2.43. The number of rotatable bonds is 5. The molecule has 0 radical (unpaired) electrons. The van der Waals surface area contributed by atoms with Crippen molar-refractivity contribution in [3.63, 3.8) is 0 Å². The number of carbonyl (C=O) groups excluding carboxylic acids is 4. The number of hydrogen-bond donors (Lipinski definition) is 2. The van der Waals surface area contributed by atoms with E-state index < -0.39 is 30.0 Å². The minimum Gasteiger partial charge on any atom is -0.465 e. The monoisotopic (exact) mass is 361 g/mol. The van der Waals surface area contributed by atoms with E-state index in [1.807, 2.05) is 5.32 Å². The summed E-state index contributed by atoms with van der Waals surface area (Å²) in [6.07, 6.45) is 0.342. The van der Waals surface area contributed by atoms with Gasteiger partial charge in [0.15, 0.2) is 6.10 Å². The highest BCUT2D eigenvalue weighted by atomic mass is 16.5. The molecule has 0 fully saturated rings. The van der Waals surface area contributed by atoms with Crippen LogP contribution in [0.25, 0.3) is 10.9 Å². The van der Waals surface area contributed by atoms with E-state index in [1.54, 1.807) is 24.3 Å². The Morgan fingerprint density at radius 3 is 2.54 bits per heavy atom. The van der Waals surface area contributed by atoms with Gasteiger partial charge in [-0.15, -0.1) is 0 Å². The fourth-order valence-corrected chi connectivity index (χ4v) is 2.35. The molecule has 1 atom stereocenters. The van der Waals surface area contributed by atoms with Gasteiger partial charge in [-0.05, 0) is 13.0 Å². The number of imide groups is 1. The van der Waals surface area contributed by atoms with E-state index >= 15 is 0 Å². The van der Waals surface area contributed by atoms with Crippen LogP contribution in [0.3, 0.4) is 0 Å². The maximum atomic E-state index is 12.1. The molecule has 0 unspecified atom stereocenters. The van der Waals surface area contributed by atoms with Gasteiger partial charge in [0, 0.05) is 24.1 Å². The Labute approximate surface area is 149 Å². The number of methoxy groups -OCH3 is 1. The molecule has 2 rings (SSSR count). The van der Waals surface area contributed by atoms with Gasteiger partial charge in [-0.25, -0.2) is 9.59 Å². The van der Waals surface area contributed by atoms with Gasteiger partial charge in [0.2, 0.25) is 0 Å². The third-order valence-electron chi connectivity index (χ3n) is 3.63. The second-order valence-corrected chi connectivity index (χ2v) is 5.38. The van der Waals surface area contributed by atoms with E-state index in [2.05, 4.69) is 5.32 Å². The van der Waals surface area contributed by atoms with Crippen LogP contribution in [-0.2, 0) is 25.6 Å². The molecule has 2 aromatic rings. The van der Waals surface area contributed by atoms with Crippen LogP contribution in [0.15, 0.2) is 30.5 Å². The zero-order valence-electron chi connectivity index (χ0n) is 14.6. The average Bonchev–Trinajstić information content (AvgIpc) is 2.99. The second-order valence-electron chi connectivity index (χ2n) is 5.38. The van der Waals surface area contributed by atoms with Crippen LogP contribution < -0.4 is 10.6 Å². The number of nitrogens with one attached hydrogen (secondary N) is 2. The van der Waals surface area contributed by atoms with Gasteiger partial charge in [0.05, 0.1) is 12.7 Å². The Bertz CT molecular complexity index is 857. The Morgan fingerprint density at radius 2 is 1.88 bits per heavy atom. The van der Waals surface area contributed by atoms with E-state index in [-0.39, 0.29) is 6.54 Å². The zero-order chi connectivity index (χ0) is 19.3. The smallest absolute Gasteiger partial charge is 0.340 e. The summed E-state index contributed by atoms with van der Waals surface area (Å²) in [4.78, 5) is 46.9. The lowest BCUT2D eigenvalue weighted by atomic mass is 10.2. The summed E-state index contributed by atoms with van der Waals surface area (Å²) in [7, 11) is 2.63. The van der Waals surface area contributed by atoms with Crippen molar-refractivity contribution in [1.82, 2.24) is 15.2 Å². The number of ether oxygens (including phenoxy) is 2. The normalized spacial score (nSPS) is 11.5. The maximum Gasteiger partial charge on any atom is 0.340 e. The molecule has 1 aromatic carbocycles. The predicted octanol–water partition coefficient (Wildman–Crippen LogP) is 0.815. The summed E-state index contributed by atoms with van der Waals surface area (Å²) in [6, 6.07) is 6.32. The molecule has 9 heteroatoms. The topological polar surface area (TPSA) is 116 Å². The van der Waals surface area contributed by atoms with Gasteiger partial charge >= 0.3 is 18.0 Å². The molecule has 9 nitrogen and oxygen atoms in total. The molecule has 0 aliphatic carbocycles. The van der Waals surface area contributed by atoms with Crippen molar-refractivity contribution in [2.75, 3.05) is 14.2 Å². The maximum absolute atomic E-state index is 12.1. The molecule has 0 aliphatic heterocycles. The van der Waals surface area contributed by atoms with Crippen LogP contribution in [0.4, 0.5) is 4.79 Å². The minimum absolute atomic E-state index is 0.213. The Balaban J connectivity index is 2.13. The van der Waals surface area contributed by atoms with Crippen LogP contribution in [0.2, 0.25) is 0 Å². The van der Waals surface area contributed by atoms with Crippen molar-refractivity contribution in [1.29, 1.82) is 0 Å². The zero-order valence-corrected chi connectivity index (χ0v) is 14.6. The van der Waals surface area contributed by atoms with Gasteiger partial charge in [-0.2, -0.15) is 0 Å². The van der Waals surface area contributed by atoms with Crippen molar-refractivity contribution in [3.8, 4) is 0 Å². The summed E-state index contributed by atoms with van der Waals surface area (Å²) in [5.41, 5.74) is 0.966. The predicted molar refractivity (Wildman–Crippen MR) is 91.4 cm³/mol. The van der Waals surface area contributed by atoms with Crippen LogP contribution in [-0.4, -0.2) is 48.7 Å². The van der Waals surface area contributed by atoms with Crippen molar-refractivity contribution in [2.45, 2.75) is 19.6 Å². The van der Waals surface area contributed by atoms with Crippen molar-refractivity contribution in [3.05, 3.63) is 36.0 Å². The number of amides is 3. The van der Waals surface area contributed by atoms with Crippen molar-refractivity contribution in [2.24, 2.45) is 0 Å². The molecule has 1 heterocycles. The van der Waals surface area contributed by atoms with Crippen molar-refractivity contribution < 1.29 is 28.7 Å². The Morgan fingerprint density at radius 1 is 1.19 bits per heavy atom. The van der Waals surface area contributed by atoms with Crippen LogP contribution in [0.1, 0.15) is 17.3 Å². The SMILES string of the molecule is CNC(=O)NC(=O)[C@H](C)OC(=O)Cn1cc(C(=O)OC)c2ccccc21. The first-order valence-corrected chi connectivity index (χ1v) is 7.75. The van der Waals surface area contributed by atoms with E-state index in [9.17, 15) is 19.2 Å². The quantitative estimate of drug-likeness (QED) is 0.762. The lowest BCUT2D eigenvalue weighted by molar-refractivity contribution is -0.155. The molecule has 1 aromatic heterocycles. The number of carbonyl (C=O) groups is 4. The molecular weight excluding hydrogens is 342 g/mol. The third kappa shape index (κ3) is 4.18. The summed E-state index contributed by atoms with van der Waals surface area (Å²) in [6.45, 7) is 1.14. The van der Waals surface area contributed by atoms with Gasteiger partial charge in [0.25, 0.3) is 5.91 Å². The van der Waals surface area contributed by atoms with Gasteiger partial charge < -0.3 is 19.4 Å². The second kappa shape index (κ2) is 8.15. The van der Waals surface area contributed by atoms with E-state index in [4.69, 9.17) is 9.47 Å². The van der Waals surface area contributed by atoms with E-state index in [0.29, 0.717) is 16.5 Å². The third-order valence-corrected chi connectivity index (χ3v) is 3.63. The molecule has 0 bridgehead atoms. The highest BCUT2D eigenvalue weighted by Gasteiger charge is 2.21. The largest absolute Gasteiger partial charge is 0.465 e. The molecule has 0 aliphatic rings. The summed E-state index contributed by atoms with van der Waals surface area (Å²) in [5.74, 6) is -1.96. The first kappa shape index (κ1) is 19.0. The molecule has 26 heavy (non-hydrogen) atoms. The van der Waals surface area contributed by atoms with Crippen molar-refractivity contribution >= 4 is 34.8 Å². The highest BCUT2D eigenvalue weighted by molar-refractivity contribution is 6.04. The summed E-state index contributed by atoms with van der Waals surface area (Å²) in [5, 5.41) is 4.88. The molecule has 0 saturated carbocycles. The van der Waals surface area contributed by atoms with Gasteiger partial charge in [-0.1, -0.05) is 18.2 Å². The number of fused-ring (bicyclic) bond motifs is 1. The average molecular weight is 361 g/mol. The first-order valence-electron chi connectivity index (χ1n) is 7.75. The van der Waals surface area contributed by atoms with E-state index in [1.165, 1.54) is 31.8 Å². The first-order chi connectivity index (χ1) is 12.4. The molecular formula is C17H19N3O6. The van der Waals surface area contributed by atoms with Crippen LogP contribution >= 0.6 is 0 Å². The molecule has 0 spiro atoms. The summed E-state index contributed by atoms with van der Waals surface area (Å²) >= 11 is 0. The number of benzene rings is 1. The Kier molecular flexibility index (Phi) is 5.94. The number of para-hydroxylation sites is 1. The molecule has 138 valence electrons. The molecule has 3 amide bonds. The fraction of sp³-hybridized carbons (Fsp3) is 0.294. The van der Waals surface area contributed by atoms with Gasteiger partial charge in [0.1, 0.15) is 6.54 Å². The fourth-order valence-electron chi connectivity index (χ4n) is 2.35. The molecule has 0 saturated heterocycles. The van der Waals surface area contributed by atoms with E-state index in [0.717, 1.165) is 0 Å². The number of aromatic nitrogens is 1. The van der Waals surface area contributed by atoms with Crippen LogP contribution in [0, 0.1) is 0 Å². The minimum atomic E-state index is -1.15. The highest BCUT2D eigenvalue weighted by Crippen LogP contribution is 2.22. The van der Waals surface area contributed by atoms with Crippen LogP contribution in [0.5, 0.6) is 0 Å². The number of nitrogens with zero attached hydrogens (tertiary/aromatic N) is 1. The summed E-state index contributed by atoms with van der Waals surface area (Å²) < 4.78 is 11.3. The van der Waals surface area contributed by atoms with Gasteiger partial charge in [-0.3, -0.25) is 14.9 Å². The number of esters is 2.